The molecular weight excluding hydrogens is 274 g/mol. The second-order valence-corrected chi connectivity index (χ2v) is 4.21. The number of hydrogen-bond donors (Lipinski definition) is 1. The summed E-state index contributed by atoms with van der Waals surface area (Å²) in [5.41, 5.74) is 3.57. The molecular formula is C13H7N5O3. The highest BCUT2D eigenvalue weighted by Crippen LogP contribution is 2.53. The summed E-state index contributed by atoms with van der Waals surface area (Å²) >= 11 is 0. The SMILES string of the molecule is N#CC(C#N)=C(N)C1(C#N)OC1c1cccc([N+](=O)[O-])c1. The molecule has 8 heteroatoms. The number of nitro benzene ring substituents is 1. The Morgan fingerprint density at radius 1 is 1.38 bits per heavy atom. The lowest BCUT2D eigenvalue weighted by atomic mass is 9.95. The van der Waals surface area contributed by atoms with Crippen LogP contribution in [-0.2, 0) is 4.74 Å². The summed E-state index contributed by atoms with van der Waals surface area (Å²) in [7, 11) is 0. The van der Waals surface area contributed by atoms with Crippen LogP contribution < -0.4 is 5.73 Å². The monoisotopic (exact) mass is 281 g/mol. The molecule has 0 saturated carbocycles. The van der Waals surface area contributed by atoms with Gasteiger partial charge in [-0.2, -0.15) is 15.8 Å². The number of nitro groups is 1. The van der Waals surface area contributed by atoms with Crippen LogP contribution >= 0.6 is 0 Å². The van der Waals surface area contributed by atoms with Crippen molar-refractivity contribution < 1.29 is 9.66 Å². The standard InChI is InChI=1S/C13H7N5O3/c14-5-9(6-15)11(17)13(7-16)12(21-13)8-2-1-3-10(4-8)18(19)20/h1-4,12H,17H2. The maximum atomic E-state index is 10.7. The molecule has 0 aromatic heterocycles. The normalized spacial score (nSPS) is 22.2. The molecule has 0 amide bonds. The minimum absolute atomic E-state index is 0.154. The van der Waals surface area contributed by atoms with Crippen LogP contribution in [0.25, 0.3) is 0 Å². The Bertz CT molecular complexity index is 764. The highest BCUT2D eigenvalue weighted by Gasteiger charge is 2.62. The lowest BCUT2D eigenvalue weighted by Crippen LogP contribution is -2.22. The van der Waals surface area contributed by atoms with E-state index >= 15 is 0 Å². The first-order valence-corrected chi connectivity index (χ1v) is 5.64. The summed E-state index contributed by atoms with van der Waals surface area (Å²) < 4.78 is 5.25. The summed E-state index contributed by atoms with van der Waals surface area (Å²) in [5, 5.41) is 37.6. The summed E-state index contributed by atoms with van der Waals surface area (Å²) in [6.07, 6.45) is -0.848. The molecule has 0 bridgehead atoms. The van der Waals surface area contributed by atoms with Crippen LogP contribution in [0.1, 0.15) is 11.7 Å². The Morgan fingerprint density at radius 3 is 2.57 bits per heavy atom. The number of allylic oxidation sites excluding steroid dienone is 1. The molecule has 1 aromatic rings. The van der Waals surface area contributed by atoms with Gasteiger partial charge in [0.15, 0.2) is 5.57 Å². The lowest BCUT2D eigenvalue weighted by Gasteiger charge is -2.04. The second kappa shape index (κ2) is 4.93. The van der Waals surface area contributed by atoms with Gasteiger partial charge in [0.05, 0.1) is 10.6 Å². The van der Waals surface area contributed by atoms with E-state index in [0.29, 0.717) is 5.56 Å². The Hall–Kier alpha value is -3.41. The molecule has 0 radical (unpaired) electrons. The number of ether oxygens (including phenoxy) is 1. The van der Waals surface area contributed by atoms with Crippen molar-refractivity contribution in [1.29, 1.82) is 15.8 Å². The average Bonchev–Trinajstić information content (AvgIpc) is 3.24. The van der Waals surface area contributed by atoms with E-state index in [2.05, 4.69) is 0 Å². The van der Waals surface area contributed by atoms with Crippen molar-refractivity contribution in [3.63, 3.8) is 0 Å². The van der Waals surface area contributed by atoms with Gasteiger partial charge >= 0.3 is 0 Å². The van der Waals surface area contributed by atoms with Gasteiger partial charge in [0.25, 0.3) is 5.69 Å². The van der Waals surface area contributed by atoms with E-state index in [0.717, 1.165) is 0 Å². The fourth-order valence-electron chi connectivity index (χ4n) is 1.94. The van der Waals surface area contributed by atoms with Crippen molar-refractivity contribution in [2.45, 2.75) is 11.7 Å². The highest BCUT2D eigenvalue weighted by atomic mass is 16.6. The zero-order valence-corrected chi connectivity index (χ0v) is 10.5. The molecule has 1 aromatic carbocycles. The van der Waals surface area contributed by atoms with Gasteiger partial charge in [0, 0.05) is 12.1 Å². The van der Waals surface area contributed by atoms with Crippen molar-refractivity contribution in [1.82, 2.24) is 0 Å². The van der Waals surface area contributed by atoms with E-state index in [4.69, 9.17) is 21.0 Å². The second-order valence-electron chi connectivity index (χ2n) is 4.21. The first-order valence-electron chi connectivity index (χ1n) is 5.64. The van der Waals surface area contributed by atoms with Crippen LogP contribution in [0.4, 0.5) is 5.69 Å². The molecule has 1 heterocycles. The largest absolute Gasteiger partial charge is 0.397 e. The van der Waals surface area contributed by atoms with Gasteiger partial charge in [-0.25, -0.2) is 0 Å². The quantitative estimate of drug-likeness (QED) is 0.377. The molecule has 1 aliphatic rings. The Kier molecular flexibility index (Phi) is 3.29. The molecule has 102 valence electrons. The predicted octanol–water partition coefficient (Wildman–Crippen LogP) is 1.19. The molecule has 2 N–H and O–H groups in total. The fraction of sp³-hybridized carbons (Fsp3) is 0.154. The highest BCUT2D eigenvalue weighted by molar-refractivity contribution is 5.52. The molecule has 21 heavy (non-hydrogen) atoms. The third-order valence-corrected chi connectivity index (χ3v) is 3.06. The number of epoxide rings is 1. The van der Waals surface area contributed by atoms with Crippen LogP contribution in [0.5, 0.6) is 0 Å². The van der Waals surface area contributed by atoms with Crippen molar-refractivity contribution >= 4 is 5.69 Å². The third kappa shape index (κ3) is 2.14. The molecule has 1 fully saturated rings. The maximum absolute atomic E-state index is 10.7. The minimum atomic E-state index is -1.63. The van der Waals surface area contributed by atoms with Gasteiger partial charge in [0.2, 0.25) is 5.60 Å². The van der Waals surface area contributed by atoms with Crippen LogP contribution in [0, 0.1) is 44.1 Å². The number of non-ortho nitro benzene ring substituents is 1. The number of nitrogens with two attached hydrogens (primary N) is 1. The van der Waals surface area contributed by atoms with Crippen LogP contribution in [0.3, 0.4) is 0 Å². The molecule has 2 rings (SSSR count). The molecule has 1 aliphatic heterocycles. The molecule has 0 spiro atoms. The molecule has 8 nitrogen and oxygen atoms in total. The first kappa shape index (κ1) is 14.0. The predicted molar refractivity (Wildman–Crippen MR) is 67.7 cm³/mol. The maximum Gasteiger partial charge on any atom is 0.269 e. The van der Waals surface area contributed by atoms with Crippen molar-refractivity contribution in [3.05, 3.63) is 51.2 Å². The Labute approximate surface area is 119 Å². The average molecular weight is 281 g/mol. The number of rotatable bonds is 3. The smallest absolute Gasteiger partial charge is 0.269 e. The number of nitriles is 3. The van der Waals surface area contributed by atoms with Crippen LogP contribution in [0.2, 0.25) is 0 Å². The molecule has 1 saturated heterocycles. The molecule has 0 aliphatic carbocycles. The summed E-state index contributed by atoms with van der Waals surface area (Å²) in [4.78, 5) is 10.2. The van der Waals surface area contributed by atoms with Crippen molar-refractivity contribution in [2.24, 2.45) is 5.73 Å². The summed E-state index contributed by atoms with van der Waals surface area (Å²) in [6.45, 7) is 0. The Balaban J connectivity index is 2.44. The van der Waals surface area contributed by atoms with E-state index in [-0.39, 0.29) is 11.4 Å². The fourth-order valence-corrected chi connectivity index (χ4v) is 1.94. The number of hydrogen-bond acceptors (Lipinski definition) is 7. The van der Waals surface area contributed by atoms with E-state index in [1.54, 1.807) is 18.2 Å². The molecule has 2 unspecified atom stereocenters. The number of benzene rings is 1. The molecule has 2 atom stereocenters. The van der Waals surface area contributed by atoms with E-state index < -0.39 is 22.2 Å². The van der Waals surface area contributed by atoms with Crippen molar-refractivity contribution in [3.8, 4) is 18.2 Å². The van der Waals surface area contributed by atoms with Gasteiger partial charge in [-0.15, -0.1) is 0 Å². The topological polar surface area (TPSA) is 153 Å². The van der Waals surface area contributed by atoms with E-state index in [1.165, 1.54) is 18.2 Å². The van der Waals surface area contributed by atoms with Gasteiger partial charge in [-0.3, -0.25) is 10.1 Å². The van der Waals surface area contributed by atoms with E-state index in [1.807, 2.05) is 6.07 Å². The summed E-state index contributed by atoms with van der Waals surface area (Å²) in [6, 6.07) is 10.6. The Morgan fingerprint density at radius 2 is 2.05 bits per heavy atom. The van der Waals surface area contributed by atoms with Crippen LogP contribution in [0.15, 0.2) is 35.5 Å². The first-order chi connectivity index (χ1) is 10.00. The number of nitrogens with zero attached hydrogens (tertiary/aromatic N) is 4. The lowest BCUT2D eigenvalue weighted by molar-refractivity contribution is -0.384. The van der Waals surface area contributed by atoms with Crippen LogP contribution in [-0.4, -0.2) is 10.5 Å². The minimum Gasteiger partial charge on any atom is -0.397 e. The van der Waals surface area contributed by atoms with Gasteiger partial charge < -0.3 is 10.5 Å². The zero-order chi connectivity index (χ0) is 15.6. The third-order valence-electron chi connectivity index (χ3n) is 3.06. The zero-order valence-electron chi connectivity index (χ0n) is 10.5. The van der Waals surface area contributed by atoms with Gasteiger partial charge in [0.1, 0.15) is 24.3 Å². The summed E-state index contributed by atoms with van der Waals surface area (Å²) in [5.74, 6) is 0. The van der Waals surface area contributed by atoms with Gasteiger partial charge in [-0.05, 0) is 5.56 Å². The van der Waals surface area contributed by atoms with Gasteiger partial charge in [-0.1, -0.05) is 12.1 Å². The van der Waals surface area contributed by atoms with E-state index in [9.17, 15) is 15.4 Å². The van der Waals surface area contributed by atoms with Crippen molar-refractivity contribution in [2.75, 3.05) is 0 Å².